The van der Waals surface area contributed by atoms with Gasteiger partial charge < -0.3 is 4.40 Å². The Hall–Kier alpha value is -1.82. The van der Waals surface area contributed by atoms with Gasteiger partial charge in [0.2, 0.25) is 0 Å². The molecule has 0 aliphatic heterocycles. The van der Waals surface area contributed by atoms with Crippen LogP contribution in [0.1, 0.15) is 49.6 Å². The summed E-state index contributed by atoms with van der Waals surface area (Å²) >= 11 is 0. The number of hydrogen-bond donors (Lipinski definition) is 0. The van der Waals surface area contributed by atoms with Gasteiger partial charge in [-0.2, -0.15) is 5.26 Å². The van der Waals surface area contributed by atoms with Crippen molar-refractivity contribution in [3.8, 4) is 6.07 Å². The Labute approximate surface area is 102 Å². The van der Waals surface area contributed by atoms with Gasteiger partial charge in [-0.1, -0.05) is 13.8 Å². The number of aromatic nitrogens is 2. The van der Waals surface area contributed by atoms with Gasteiger partial charge >= 0.3 is 0 Å². The van der Waals surface area contributed by atoms with Crippen LogP contribution in [-0.2, 0) is 0 Å². The van der Waals surface area contributed by atoms with Gasteiger partial charge in [-0.3, -0.25) is 0 Å². The summed E-state index contributed by atoms with van der Waals surface area (Å²) in [7, 11) is 0. The number of rotatable bonds is 1. The summed E-state index contributed by atoms with van der Waals surface area (Å²) in [4.78, 5) is 4.59. The van der Waals surface area contributed by atoms with Crippen molar-refractivity contribution in [2.24, 2.45) is 0 Å². The SMILES string of the molecule is CC.Cc1c(C2CC2)nc2cc(C#N)ccn12. The minimum Gasteiger partial charge on any atom is -0.304 e. The van der Waals surface area contributed by atoms with Crippen molar-refractivity contribution in [2.45, 2.75) is 39.5 Å². The van der Waals surface area contributed by atoms with Crippen molar-refractivity contribution in [3.05, 3.63) is 35.3 Å². The van der Waals surface area contributed by atoms with Gasteiger partial charge in [-0.25, -0.2) is 4.98 Å². The lowest BCUT2D eigenvalue weighted by molar-refractivity contribution is 1.01. The van der Waals surface area contributed by atoms with Gasteiger partial charge in [-0.05, 0) is 31.9 Å². The summed E-state index contributed by atoms with van der Waals surface area (Å²) in [5.74, 6) is 0.662. The third-order valence-electron chi connectivity index (χ3n) is 2.99. The van der Waals surface area contributed by atoms with Gasteiger partial charge in [0.05, 0.1) is 17.3 Å². The largest absolute Gasteiger partial charge is 0.304 e. The standard InChI is InChI=1S/C12H11N3.C2H6/c1-8-12(10-2-3-10)14-11-6-9(7-13)4-5-15(8)11;1-2/h4-6,10H,2-3H2,1H3;1-2H3. The summed E-state index contributed by atoms with van der Waals surface area (Å²) in [5, 5.41) is 8.81. The smallest absolute Gasteiger partial charge is 0.138 e. The molecule has 2 aromatic heterocycles. The van der Waals surface area contributed by atoms with Crippen molar-refractivity contribution in [2.75, 3.05) is 0 Å². The van der Waals surface area contributed by atoms with E-state index in [0.717, 1.165) is 5.65 Å². The quantitative estimate of drug-likeness (QED) is 0.749. The molecule has 1 aliphatic rings. The van der Waals surface area contributed by atoms with E-state index >= 15 is 0 Å². The Morgan fingerprint density at radius 1 is 1.41 bits per heavy atom. The number of imidazole rings is 1. The maximum absolute atomic E-state index is 8.81. The second-order valence-electron chi connectivity index (χ2n) is 4.11. The molecular formula is C14H17N3. The van der Waals surface area contributed by atoms with E-state index in [1.54, 1.807) is 0 Å². The topological polar surface area (TPSA) is 41.1 Å². The number of aryl methyl sites for hydroxylation is 1. The highest BCUT2D eigenvalue weighted by Crippen LogP contribution is 2.41. The monoisotopic (exact) mass is 227 g/mol. The molecule has 1 saturated carbocycles. The van der Waals surface area contributed by atoms with E-state index in [9.17, 15) is 0 Å². The number of hydrogen-bond acceptors (Lipinski definition) is 2. The normalized spacial score (nSPS) is 14.0. The van der Waals surface area contributed by atoms with Crippen molar-refractivity contribution >= 4 is 5.65 Å². The van der Waals surface area contributed by atoms with Crippen LogP contribution in [0.5, 0.6) is 0 Å². The summed E-state index contributed by atoms with van der Waals surface area (Å²) in [6, 6.07) is 5.82. The predicted octanol–water partition coefficient (Wildman–Crippen LogP) is 3.42. The number of pyridine rings is 1. The average Bonchev–Trinajstić information content (AvgIpc) is 3.17. The van der Waals surface area contributed by atoms with Gasteiger partial charge in [0.25, 0.3) is 0 Å². The third-order valence-corrected chi connectivity index (χ3v) is 2.99. The number of nitrogens with zero attached hydrogens (tertiary/aromatic N) is 3. The third kappa shape index (κ3) is 2.03. The Kier molecular flexibility index (Phi) is 3.14. The molecule has 17 heavy (non-hydrogen) atoms. The Morgan fingerprint density at radius 2 is 2.12 bits per heavy atom. The summed E-state index contributed by atoms with van der Waals surface area (Å²) in [6.45, 7) is 6.10. The molecule has 0 amide bonds. The lowest BCUT2D eigenvalue weighted by Gasteiger charge is -1.96. The fraction of sp³-hybridized carbons (Fsp3) is 0.429. The minimum atomic E-state index is 0.662. The van der Waals surface area contributed by atoms with E-state index < -0.39 is 0 Å². The molecule has 3 nitrogen and oxygen atoms in total. The first-order valence-corrected chi connectivity index (χ1v) is 6.18. The van der Waals surface area contributed by atoms with E-state index in [0.29, 0.717) is 11.5 Å². The second-order valence-corrected chi connectivity index (χ2v) is 4.11. The average molecular weight is 227 g/mol. The zero-order chi connectivity index (χ0) is 12.4. The van der Waals surface area contributed by atoms with Gasteiger partial charge in [-0.15, -0.1) is 0 Å². The molecule has 88 valence electrons. The molecular weight excluding hydrogens is 210 g/mol. The molecule has 0 saturated heterocycles. The van der Waals surface area contributed by atoms with Crippen LogP contribution >= 0.6 is 0 Å². The van der Waals surface area contributed by atoms with Crippen LogP contribution in [0.25, 0.3) is 5.65 Å². The summed E-state index contributed by atoms with van der Waals surface area (Å²) in [5.41, 5.74) is 4.00. The van der Waals surface area contributed by atoms with E-state index in [2.05, 4.69) is 22.4 Å². The Balaban J connectivity index is 0.000000514. The van der Waals surface area contributed by atoms with Gasteiger partial charge in [0.1, 0.15) is 5.65 Å². The van der Waals surface area contributed by atoms with Crippen molar-refractivity contribution in [1.29, 1.82) is 5.26 Å². The first-order chi connectivity index (χ1) is 8.29. The maximum atomic E-state index is 8.81. The first kappa shape index (κ1) is 11.7. The van der Waals surface area contributed by atoms with Crippen molar-refractivity contribution in [3.63, 3.8) is 0 Å². The highest BCUT2D eigenvalue weighted by atomic mass is 15.0. The predicted molar refractivity (Wildman–Crippen MR) is 68.0 cm³/mol. The Bertz CT molecular complexity index is 571. The molecule has 0 unspecified atom stereocenters. The highest BCUT2D eigenvalue weighted by Gasteiger charge is 2.28. The van der Waals surface area contributed by atoms with Crippen LogP contribution in [0.3, 0.4) is 0 Å². The maximum Gasteiger partial charge on any atom is 0.138 e. The van der Waals surface area contributed by atoms with E-state index in [4.69, 9.17) is 5.26 Å². The molecule has 2 heterocycles. The van der Waals surface area contributed by atoms with E-state index in [1.165, 1.54) is 24.2 Å². The summed E-state index contributed by atoms with van der Waals surface area (Å²) < 4.78 is 2.06. The van der Waals surface area contributed by atoms with Gasteiger partial charge in [0, 0.05) is 17.8 Å². The fourth-order valence-corrected chi connectivity index (χ4v) is 2.00. The van der Waals surface area contributed by atoms with Gasteiger partial charge in [0.15, 0.2) is 0 Å². The first-order valence-electron chi connectivity index (χ1n) is 6.18. The number of fused-ring (bicyclic) bond motifs is 1. The molecule has 1 aliphatic carbocycles. The molecule has 0 aromatic carbocycles. The molecule has 0 N–H and O–H groups in total. The van der Waals surface area contributed by atoms with Crippen LogP contribution in [-0.4, -0.2) is 9.38 Å². The molecule has 0 bridgehead atoms. The molecule has 0 radical (unpaired) electrons. The van der Waals surface area contributed by atoms with E-state index in [1.807, 2.05) is 32.2 Å². The molecule has 1 fully saturated rings. The zero-order valence-corrected chi connectivity index (χ0v) is 10.6. The van der Waals surface area contributed by atoms with E-state index in [-0.39, 0.29) is 0 Å². The highest BCUT2D eigenvalue weighted by molar-refractivity contribution is 5.49. The van der Waals surface area contributed by atoms with Crippen LogP contribution in [0, 0.1) is 18.3 Å². The number of nitriles is 1. The molecule has 2 aromatic rings. The second kappa shape index (κ2) is 4.58. The zero-order valence-electron chi connectivity index (χ0n) is 10.6. The van der Waals surface area contributed by atoms with Crippen LogP contribution in [0.15, 0.2) is 18.3 Å². The fourth-order valence-electron chi connectivity index (χ4n) is 2.00. The van der Waals surface area contributed by atoms with Crippen molar-refractivity contribution < 1.29 is 0 Å². The summed E-state index contributed by atoms with van der Waals surface area (Å²) in [6.07, 6.45) is 4.45. The van der Waals surface area contributed by atoms with Crippen LogP contribution in [0.4, 0.5) is 0 Å². The molecule has 0 atom stereocenters. The van der Waals surface area contributed by atoms with Crippen LogP contribution < -0.4 is 0 Å². The minimum absolute atomic E-state index is 0.662. The Morgan fingerprint density at radius 3 is 2.71 bits per heavy atom. The lowest BCUT2D eigenvalue weighted by atomic mass is 10.2. The molecule has 0 spiro atoms. The molecule has 3 heteroatoms. The molecule has 3 rings (SSSR count). The van der Waals surface area contributed by atoms with Crippen LogP contribution in [0.2, 0.25) is 0 Å². The lowest BCUT2D eigenvalue weighted by Crippen LogP contribution is -1.88. The van der Waals surface area contributed by atoms with Crippen molar-refractivity contribution in [1.82, 2.24) is 9.38 Å².